The normalized spacial score (nSPS) is 18.9. The number of hydrogen-bond donors (Lipinski definition) is 1. The summed E-state index contributed by atoms with van der Waals surface area (Å²) in [6, 6.07) is 0. The summed E-state index contributed by atoms with van der Waals surface area (Å²) in [5, 5.41) is 6.91. The van der Waals surface area contributed by atoms with Gasteiger partial charge in [-0.05, 0) is 6.92 Å². The molecular formula is C13H18N6O2. The molecule has 1 amide bonds. The third kappa shape index (κ3) is 3.27. The number of nitrogens with one attached hydrogen (secondary N) is 1. The van der Waals surface area contributed by atoms with Crippen LogP contribution in [0.1, 0.15) is 24.2 Å². The maximum atomic E-state index is 12.3. The molecule has 8 nitrogen and oxygen atoms in total. The van der Waals surface area contributed by atoms with Gasteiger partial charge in [0.2, 0.25) is 5.91 Å². The number of morpholine rings is 1. The Hall–Kier alpha value is -2.22. The maximum absolute atomic E-state index is 12.3. The van der Waals surface area contributed by atoms with Gasteiger partial charge in [-0.3, -0.25) is 9.89 Å². The summed E-state index contributed by atoms with van der Waals surface area (Å²) in [6.45, 7) is 4.10. The molecule has 3 heterocycles. The van der Waals surface area contributed by atoms with Crippen LogP contribution in [0.5, 0.6) is 0 Å². The fraction of sp³-hybridized carbons (Fsp3) is 0.538. The van der Waals surface area contributed by atoms with Crippen molar-refractivity contribution in [3.8, 4) is 0 Å². The molecule has 8 heteroatoms. The van der Waals surface area contributed by atoms with E-state index in [1.165, 1.54) is 0 Å². The minimum Gasteiger partial charge on any atom is -0.366 e. The lowest BCUT2D eigenvalue weighted by atomic mass is 10.2. The summed E-state index contributed by atoms with van der Waals surface area (Å²) in [4.78, 5) is 22.3. The van der Waals surface area contributed by atoms with Crippen molar-refractivity contribution in [3.63, 3.8) is 0 Å². The van der Waals surface area contributed by atoms with Crippen LogP contribution in [0.2, 0.25) is 0 Å². The molecule has 21 heavy (non-hydrogen) atoms. The van der Waals surface area contributed by atoms with Gasteiger partial charge in [0.15, 0.2) is 5.82 Å². The number of nitrogens with zero attached hydrogens (tertiary/aromatic N) is 5. The Bertz CT molecular complexity index is 594. The van der Waals surface area contributed by atoms with Crippen LogP contribution in [-0.4, -0.2) is 55.2 Å². The third-order valence-corrected chi connectivity index (χ3v) is 3.46. The van der Waals surface area contributed by atoms with Crippen molar-refractivity contribution in [1.82, 2.24) is 29.6 Å². The molecule has 1 N–H and O–H groups in total. The van der Waals surface area contributed by atoms with E-state index in [-0.39, 0.29) is 12.0 Å². The lowest BCUT2D eigenvalue weighted by Gasteiger charge is -2.31. The van der Waals surface area contributed by atoms with Gasteiger partial charge in [0.1, 0.15) is 11.9 Å². The molecule has 112 valence electrons. The first-order valence-corrected chi connectivity index (χ1v) is 6.96. The van der Waals surface area contributed by atoms with Crippen LogP contribution in [0.4, 0.5) is 0 Å². The monoisotopic (exact) mass is 290 g/mol. The van der Waals surface area contributed by atoms with Crippen LogP contribution in [-0.2, 0) is 16.1 Å². The predicted molar refractivity (Wildman–Crippen MR) is 73.2 cm³/mol. The average Bonchev–Trinajstić information content (AvgIpc) is 3.16. The number of ether oxygens (including phenoxy) is 1. The number of aromatic amines is 1. The fourth-order valence-corrected chi connectivity index (χ4v) is 2.34. The van der Waals surface area contributed by atoms with Crippen LogP contribution in [0, 0.1) is 6.92 Å². The molecule has 0 spiro atoms. The molecule has 1 aliphatic heterocycles. The number of carbonyl (C=O) groups excluding carboxylic acids is 1. The van der Waals surface area contributed by atoms with E-state index in [1.807, 2.05) is 22.6 Å². The molecule has 0 aromatic carbocycles. The van der Waals surface area contributed by atoms with Crippen molar-refractivity contribution in [1.29, 1.82) is 0 Å². The van der Waals surface area contributed by atoms with Gasteiger partial charge in [0.25, 0.3) is 0 Å². The van der Waals surface area contributed by atoms with Crippen molar-refractivity contribution < 1.29 is 9.53 Å². The number of aryl methyl sites for hydroxylation is 2. The Labute approximate surface area is 122 Å². The number of H-pyrrole nitrogens is 1. The highest BCUT2D eigenvalue weighted by molar-refractivity contribution is 5.76. The number of rotatable bonds is 4. The number of amides is 1. The molecule has 1 saturated heterocycles. The summed E-state index contributed by atoms with van der Waals surface area (Å²) in [5.41, 5.74) is 0. The Kier molecular flexibility index (Phi) is 3.96. The zero-order chi connectivity index (χ0) is 14.7. The number of hydrogen-bond acceptors (Lipinski definition) is 5. The molecular weight excluding hydrogens is 272 g/mol. The van der Waals surface area contributed by atoms with Crippen LogP contribution in [0.3, 0.4) is 0 Å². The summed E-state index contributed by atoms with van der Waals surface area (Å²) >= 11 is 0. The smallest absolute Gasteiger partial charge is 0.224 e. The first-order valence-electron chi connectivity index (χ1n) is 6.96. The van der Waals surface area contributed by atoms with Gasteiger partial charge < -0.3 is 14.2 Å². The Morgan fingerprint density at radius 2 is 2.48 bits per heavy atom. The Balaban J connectivity index is 1.56. The molecule has 1 fully saturated rings. The highest BCUT2D eigenvalue weighted by Gasteiger charge is 2.27. The average molecular weight is 290 g/mol. The molecule has 2 aromatic heterocycles. The largest absolute Gasteiger partial charge is 0.366 e. The van der Waals surface area contributed by atoms with Crippen LogP contribution in [0.25, 0.3) is 0 Å². The molecule has 2 aromatic rings. The zero-order valence-electron chi connectivity index (χ0n) is 11.9. The Morgan fingerprint density at radius 1 is 1.57 bits per heavy atom. The van der Waals surface area contributed by atoms with Crippen molar-refractivity contribution in [2.75, 3.05) is 19.7 Å². The summed E-state index contributed by atoms with van der Waals surface area (Å²) in [6.07, 6.45) is 5.48. The van der Waals surface area contributed by atoms with E-state index in [4.69, 9.17) is 4.74 Å². The summed E-state index contributed by atoms with van der Waals surface area (Å²) < 4.78 is 7.55. The van der Waals surface area contributed by atoms with Gasteiger partial charge in [-0.15, -0.1) is 0 Å². The van der Waals surface area contributed by atoms with Gasteiger partial charge in [0, 0.05) is 31.9 Å². The van der Waals surface area contributed by atoms with E-state index in [9.17, 15) is 4.79 Å². The standard InChI is InChI=1S/C13H18N6O2/c1-10-15-13(17-16-10)11-8-19(6-7-21-11)12(20)2-4-18-5-3-14-9-18/h3,5,9,11H,2,4,6-8H2,1H3,(H,15,16,17). The van der Waals surface area contributed by atoms with E-state index in [0.29, 0.717) is 38.5 Å². The molecule has 0 saturated carbocycles. The SMILES string of the molecule is Cc1nc(C2CN(C(=O)CCn3ccnc3)CCO2)n[nH]1. The van der Waals surface area contributed by atoms with Crippen LogP contribution >= 0.6 is 0 Å². The van der Waals surface area contributed by atoms with Crippen LogP contribution in [0.15, 0.2) is 18.7 Å². The fourth-order valence-electron chi connectivity index (χ4n) is 2.34. The lowest BCUT2D eigenvalue weighted by Crippen LogP contribution is -2.42. The molecule has 3 rings (SSSR count). The minimum absolute atomic E-state index is 0.115. The second-order valence-corrected chi connectivity index (χ2v) is 5.03. The van der Waals surface area contributed by atoms with Gasteiger partial charge >= 0.3 is 0 Å². The van der Waals surface area contributed by atoms with Gasteiger partial charge in [-0.25, -0.2) is 9.97 Å². The topological polar surface area (TPSA) is 88.9 Å². The molecule has 1 aliphatic rings. The molecule has 1 atom stereocenters. The molecule has 1 unspecified atom stereocenters. The predicted octanol–water partition coefficient (Wildman–Crippen LogP) is 0.300. The highest BCUT2D eigenvalue weighted by atomic mass is 16.5. The maximum Gasteiger partial charge on any atom is 0.224 e. The van der Waals surface area contributed by atoms with E-state index >= 15 is 0 Å². The lowest BCUT2D eigenvalue weighted by molar-refractivity contribution is -0.139. The minimum atomic E-state index is -0.249. The van der Waals surface area contributed by atoms with Gasteiger partial charge in [-0.1, -0.05) is 0 Å². The quantitative estimate of drug-likeness (QED) is 0.875. The summed E-state index contributed by atoms with van der Waals surface area (Å²) in [5.74, 6) is 1.47. The Morgan fingerprint density at radius 3 is 3.19 bits per heavy atom. The van der Waals surface area contributed by atoms with Crippen molar-refractivity contribution in [3.05, 3.63) is 30.4 Å². The zero-order valence-corrected chi connectivity index (χ0v) is 11.9. The van der Waals surface area contributed by atoms with E-state index in [1.54, 1.807) is 12.5 Å². The van der Waals surface area contributed by atoms with E-state index in [2.05, 4.69) is 20.2 Å². The molecule has 0 aliphatic carbocycles. The molecule has 0 bridgehead atoms. The summed E-state index contributed by atoms with van der Waals surface area (Å²) in [7, 11) is 0. The van der Waals surface area contributed by atoms with Gasteiger partial charge in [0.05, 0.1) is 19.5 Å². The van der Waals surface area contributed by atoms with Crippen molar-refractivity contribution in [2.45, 2.75) is 26.0 Å². The third-order valence-electron chi connectivity index (χ3n) is 3.46. The van der Waals surface area contributed by atoms with Crippen molar-refractivity contribution in [2.24, 2.45) is 0 Å². The highest BCUT2D eigenvalue weighted by Crippen LogP contribution is 2.19. The number of carbonyl (C=O) groups is 1. The van der Waals surface area contributed by atoms with E-state index < -0.39 is 0 Å². The van der Waals surface area contributed by atoms with Gasteiger partial charge in [-0.2, -0.15) is 5.10 Å². The molecule has 0 radical (unpaired) electrons. The van der Waals surface area contributed by atoms with E-state index in [0.717, 1.165) is 5.82 Å². The van der Waals surface area contributed by atoms with Crippen molar-refractivity contribution >= 4 is 5.91 Å². The first kappa shape index (κ1) is 13.7. The second-order valence-electron chi connectivity index (χ2n) is 5.03. The number of aromatic nitrogens is 5. The van der Waals surface area contributed by atoms with Crippen LogP contribution < -0.4 is 0 Å². The first-order chi connectivity index (χ1) is 10.2. The number of imidazole rings is 1. The second kappa shape index (κ2) is 6.04.